The largest absolute Gasteiger partial charge is 0.434 e. The number of amides is 1. The molecular formula is C26H21ClF3N3O2. The van der Waals surface area contributed by atoms with Gasteiger partial charge in [0.15, 0.2) is 5.69 Å². The van der Waals surface area contributed by atoms with E-state index in [0.29, 0.717) is 17.9 Å². The number of ether oxygens (including phenoxy) is 1. The van der Waals surface area contributed by atoms with Gasteiger partial charge in [-0.05, 0) is 34.9 Å². The van der Waals surface area contributed by atoms with Gasteiger partial charge in [-0.25, -0.2) is 4.68 Å². The van der Waals surface area contributed by atoms with Gasteiger partial charge in [0, 0.05) is 11.6 Å². The lowest BCUT2D eigenvalue weighted by atomic mass is 10.1. The average molecular weight is 500 g/mol. The molecular weight excluding hydrogens is 479 g/mol. The number of nitrogens with zero attached hydrogens (tertiary/aromatic N) is 2. The van der Waals surface area contributed by atoms with Crippen LogP contribution in [0.25, 0.3) is 5.69 Å². The fourth-order valence-electron chi connectivity index (χ4n) is 3.59. The van der Waals surface area contributed by atoms with Gasteiger partial charge in [-0.3, -0.25) is 4.79 Å². The highest BCUT2D eigenvalue weighted by Gasteiger charge is 2.40. The number of aromatic nitrogens is 2. The summed E-state index contributed by atoms with van der Waals surface area (Å²) in [6, 6.07) is 22.8. The lowest BCUT2D eigenvalue weighted by Gasteiger charge is -2.14. The van der Waals surface area contributed by atoms with Crippen molar-refractivity contribution in [2.75, 3.05) is 0 Å². The van der Waals surface area contributed by atoms with Gasteiger partial charge in [0.2, 0.25) is 0 Å². The van der Waals surface area contributed by atoms with Gasteiger partial charge in [-0.2, -0.15) is 18.3 Å². The van der Waals surface area contributed by atoms with Crippen LogP contribution in [0.1, 0.15) is 32.7 Å². The summed E-state index contributed by atoms with van der Waals surface area (Å²) < 4.78 is 48.2. The maximum Gasteiger partial charge on any atom is 0.434 e. The first-order valence-electron chi connectivity index (χ1n) is 10.7. The summed E-state index contributed by atoms with van der Waals surface area (Å²) in [5.41, 5.74) is 0.950. The number of nitrogens with one attached hydrogen (secondary N) is 1. The summed E-state index contributed by atoms with van der Waals surface area (Å²) in [6.07, 6.45) is -3.90. The van der Waals surface area contributed by atoms with Crippen molar-refractivity contribution in [2.45, 2.75) is 25.9 Å². The molecule has 0 aliphatic carbocycles. The molecule has 3 aromatic carbocycles. The van der Waals surface area contributed by atoms with Crippen molar-refractivity contribution < 1.29 is 22.7 Å². The number of carbonyl (C=O) groups excluding carboxylic acids is 1. The van der Waals surface area contributed by atoms with Crippen molar-refractivity contribution in [3.8, 4) is 5.69 Å². The maximum atomic E-state index is 13.9. The van der Waals surface area contributed by atoms with Crippen LogP contribution >= 0.6 is 11.6 Å². The highest BCUT2D eigenvalue weighted by Crippen LogP contribution is 2.34. The second-order valence-electron chi connectivity index (χ2n) is 7.73. The maximum absolute atomic E-state index is 13.9. The fourth-order valence-corrected chi connectivity index (χ4v) is 3.77. The zero-order valence-electron chi connectivity index (χ0n) is 18.4. The molecule has 4 rings (SSSR count). The lowest BCUT2D eigenvalue weighted by molar-refractivity contribution is -0.143. The number of hydrogen-bond acceptors (Lipinski definition) is 3. The summed E-state index contributed by atoms with van der Waals surface area (Å²) in [5, 5.41) is 6.65. The molecule has 0 saturated heterocycles. The van der Waals surface area contributed by atoms with Crippen molar-refractivity contribution >= 4 is 17.5 Å². The molecule has 1 N–H and O–H groups in total. The monoisotopic (exact) mass is 499 g/mol. The van der Waals surface area contributed by atoms with E-state index in [1.54, 1.807) is 12.1 Å². The van der Waals surface area contributed by atoms with Crippen LogP contribution in [0.3, 0.4) is 0 Å². The zero-order valence-corrected chi connectivity index (χ0v) is 19.2. The molecule has 0 saturated carbocycles. The van der Waals surface area contributed by atoms with Crippen molar-refractivity contribution in [2.24, 2.45) is 0 Å². The van der Waals surface area contributed by atoms with E-state index in [4.69, 9.17) is 16.3 Å². The van der Waals surface area contributed by atoms with Gasteiger partial charge in [0.05, 0.1) is 30.7 Å². The molecule has 0 aliphatic rings. The molecule has 0 spiro atoms. The third kappa shape index (κ3) is 6.09. The number of hydrogen-bond donors (Lipinski definition) is 1. The predicted octanol–water partition coefficient (Wildman–Crippen LogP) is 6.19. The molecule has 1 amide bonds. The molecule has 4 aromatic rings. The zero-order chi connectivity index (χ0) is 24.8. The minimum atomic E-state index is -4.81. The Bertz CT molecular complexity index is 1310. The van der Waals surface area contributed by atoms with Crippen molar-refractivity contribution in [3.63, 3.8) is 0 Å². The number of benzene rings is 3. The first-order valence-corrected chi connectivity index (χ1v) is 11.1. The highest BCUT2D eigenvalue weighted by atomic mass is 35.5. The van der Waals surface area contributed by atoms with Crippen molar-refractivity contribution in [1.82, 2.24) is 15.1 Å². The number of alkyl halides is 3. The minimum absolute atomic E-state index is 0.0311. The molecule has 9 heteroatoms. The summed E-state index contributed by atoms with van der Waals surface area (Å²) in [7, 11) is 0. The van der Waals surface area contributed by atoms with Gasteiger partial charge in [-0.15, -0.1) is 0 Å². The molecule has 0 unspecified atom stereocenters. The van der Waals surface area contributed by atoms with Crippen LogP contribution in [0.4, 0.5) is 13.2 Å². The minimum Gasteiger partial charge on any atom is -0.372 e. The van der Waals surface area contributed by atoms with Crippen LogP contribution in [0.15, 0.2) is 85.1 Å². The Morgan fingerprint density at radius 2 is 1.66 bits per heavy atom. The molecule has 5 nitrogen and oxygen atoms in total. The molecule has 1 heterocycles. The van der Waals surface area contributed by atoms with E-state index in [9.17, 15) is 18.0 Å². The Morgan fingerprint density at radius 3 is 2.37 bits per heavy atom. The van der Waals surface area contributed by atoms with Gasteiger partial charge in [0.1, 0.15) is 0 Å². The van der Waals surface area contributed by atoms with E-state index in [0.717, 1.165) is 22.9 Å². The molecule has 1 aromatic heterocycles. The van der Waals surface area contributed by atoms with Crippen LogP contribution in [0, 0.1) is 0 Å². The Balaban J connectivity index is 1.48. The summed E-state index contributed by atoms with van der Waals surface area (Å²) in [4.78, 5) is 12.8. The molecule has 35 heavy (non-hydrogen) atoms. The van der Waals surface area contributed by atoms with Crippen LogP contribution in [0.2, 0.25) is 5.02 Å². The van der Waals surface area contributed by atoms with E-state index < -0.39 is 23.3 Å². The quantitative estimate of drug-likeness (QED) is 0.314. The normalized spacial score (nSPS) is 11.4. The van der Waals surface area contributed by atoms with Gasteiger partial charge < -0.3 is 10.1 Å². The summed E-state index contributed by atoms with van der Waals surface area (Å²) >= 11 is 5.92. The molecule has 0 radical (unpaired) electrons. The standard InChI is InChI=1S/C26H21ClF3N3O2/c27-21-11-6-12-22(13-21)33-24(26(28,29)30)23(15-32-33)25(34)31-14-19-9-4-5-10-20(19)17-35-16-18-7-2-1-3-8-18/h1-13,15H,14,16-17H2,(H,31,34). The van der Waals surface area contributed by atoms with Gasteiger partial charge in [0.25, 0.3) is 5.91 Å². The molecule has 0 aliphatic heterocycles. The van der Waals surface area contributed by atoms with Crippen molar-refractivity contribution in [3.05, 3.63) is 118 Å². The number of rotatable bonds is 8. The van der Waals surface area contributed by atoms with E-state index in [2.05, 4.69) is 10.4 Å². The first kappa shape index (κ1) is 24.5. The van der Waals surface area contributed by atoms with E-state index in [1.807, 2.05) is 42.5 Å². The summed E-state index contributed by atoms with van der Waals surface area (Å²) in [5.74, 6) is -0.884. The van der Waals surface area contributed by atoms with Gasteiger partial charge in [-0.1, -0.05) is 72.3 Å². The number of halogens is 4. The Morgan fingerprint density at radius 1 is 0.943 bits per heavy atom. The topological polar surface area (TPSA) is 56.1 Å². The van der Waals surface area contributed by atoms with Crippen LogP contribution in [0.5, 0.6) is 0 Å². The van der Waals surface area contributed by atoms with Crippen molar-refractivity contribution in [1.29, 1.82) is 0 Å². The highest BCUT2D eigenvalue weighted by molar-refractivity contribution is 6.30. The molecule has 0 bridgehead atoms. The Hall–Kier alpha value is -3.62. The fraction of sp³-hybridized carbons (Fsp3) is 0.154. The van der Waals surface area contributed by atoms with Crippen LogP contribution in [-0.4, -0.2) is 15.7 Å². The molecule has 0 fully saturated rings. The second kappa shape index (κ2) is 10.8. The smallest absolute Gasteiger partial charge is 0.372 e. The predicted molar refractivity (Wildman–Crippen MR) is 126 cm³/mol. The van der Waals surface area contributed by atoms with Crippen LogP contribution in [-0.2, 0) is 30.7 Å². The third-order valence-corrected chi connectivity index (χ3v) is 5.50. The summed E-state index contributed by atoms with van der Waals surface area (Å²) in [6.45, 7) is 0.740. The Kier molecular flexibility index (Phi) is 7.53. The lowest BCUT2D eigenvalue weighted by Crippen LogP contribution is -2.26. The van der Waals surface area contributed by atoms with E-state index in [1.165, 1.54) is 24.3 Å². The van der Waals surface area contributed by atoms with E-state index >= 15 is 0 Å². The Labute approximate surface area is 205 Å². The number of carbonyl (C=O) groups is 1. The first-order chi connectivity index (χ1) is 16.8. The SMILES string of the molecule is O=C(NCc1ccccc1COCc1ccccc1)c1cnn(-c2cccc(Cl)c2)c1C(F)(F)F. The van der Waals surface area contributed by atoms with Gasteiger partial charge >= 0.3 is 6.18 Å². The third-order valence-electron chi connectivity index (χ3n) is 5.26. The molecule has 0 atom stereocenters. The second-order valence-corrected chi connectivity index (χ2v) is 8.16. The molecule has 180 valence electrons. The van der Waals surface area contributed by atoms with Crippen LogP contribution < -0.4 is 5.32 Å². The van der Waals surface area contributed by atoms with E-state index in [-0.39, 0.29) is 17.3 Å². The average Bonchev–Trinajstić information content (AvgIpc) is 3.30.